The van der Waals surface area contributed by atoms with E-state index in [4.69, 9.17) is 0 Å². The molecule has 0 fully saturated rings. The molecule has 3 aromatic carbocycles. The van der Waals surface area contributed by atoms with Gasteiger partial charge in [-0.25, -0.2) is 17.2 Å². The first-order valence-corrected chi connectivity index (χ1v) is 15.9. The highest BCUT2D eigenvalue weighted by atomic mass is 32.2. The lowest BCUT2D eigenvalue weighted by atomic mass is 10.0. The Bertz CT molecular complexity index is 1450. The van der Waals surface area contributed by atoms with Gasteiger partial charge in [0.2, 0.25) is 21.8 Å². The summed E-state index contributed by atoms with van der Waals surface area (Å²) in [6.45, 7) is 5.89. The summed E-state index contributed by atoms with van der Waals surface area (Å²) in [7, 11) is -3.85. The number of nitrogens with zero attached hydrogens (tertiary/aromatic N) is 2. The maximum Gasteiger partial charge on any atom is 0.243 e. The zero-order valence-corrected chi connectivity index (χ0v) is 25.3. The second kappa shape index (κ2) is 14.9. The Morgan fingerprint density at radius 2 is 1.60 bits per heavy atom. The van der Waals surface area contributed by atoms with Crippen LogP contribution in [0.25, 0.3) is 0 Å². The Morgan fingerprint density at radius 1 is 0.929 bits per heavy atom. The van der Waals surface area contributed by atoms with Gasteiger partial charge < -0.3 is 10.2 Å². The molecule has 0 unspecified atom stereocenters. The van der Waals surface area contributed by atoms with E-state index in [2.05, 4.69) is 5.32 Å². The molecule has 10 heteroatoms. The second-order valence-electron chi connectivity index (χ2n) is 10.6. The first-order chi connectivity index (χ1) is 19.9. The van der Waals surface area contributed by atoms with Crippen LogP contribution in [0.2, 0.25) is 0 Å². The summed E-state index contributed by atoms with van der Waals surface area (Å²) in [6.07, 6.45) is 2.02. The van der Waals surface area contributed by atoms with Gasteiger partial charge in [-0.2, -0.15) is 0 Å². The summed E-state index contributed by atoms with van der Waals surface area (Å²) in [5, 5.41) is 3.02. The molecule has 42 heavy (non-hydrogen) atoms. The van der Waals surface area contributed by atoms with E-state index in [1.54, 1.807) is 4.90 Å². The summed E-state index contributed by atoms with van der Waals surface area (Å²) in [4.78, 5) is 29.0. The van der Waals surface area contributed by atoms with Crippen LogP contribution >= 0.6 is 0 Å². The average molecular weight is 600 g/mol. The van der Waals surface area contributed by atoms with E-state index >= 15 is 0 Å². The molecule has 1 N–H and O–H groups in total. The molecule has 0 heterocycles. The summed E-state index contributed by atoms with van der Waals surface area (Å²) in [6, 6.07) is 19.1. The van der Waals surface area contributed by atoms with E-state index in [0.29, 0.717) is 6.42 Å². The van der Waals surface area contributed by atoms with Crippen molar-refractivity contribution >= 4 is 27.5 Å². The molecule has 2 amide bonds. The Hall–Kier alpha value is -3.79. The number of amides is 2. The zero-order valence-electron chi connectivity index (χ0n) is 24.5. The number of sulfonamides is 1. The number of hydrogen-bond acceptors (Lipinski definition) is 4. The van der Waals surface area contributed by atoms with Gasteiger partial charge in [-0.15, -0.1) is 0 Å². The molecular formula is C32H39F2N3O4S. The molecule has 0 saturated heterocycles. The van der Waals surface area contributed by atoms with Gasteiger partial charge in [0.1, 0.15) is 6.04 Å². The monoisotopic (exact) mass is 599 g/mol. The van der Waals surface area contributed by atoms with Crippen molar-refractivity contribution in [3.8, 4) is 0 Å². The molecule has 0 bridgehead atoms. The van der Waals surface area contributed by atoms with Crippen LogP contribution in [0, 0.1) is 18.6 Å². The van der Waals surface area contributed by atoms with Crippen molar-refractivity contribution in [3.63, 3.8) is 0 Å². The topological polar surface area (TPSA) is 86.8 Å². The third kappa shape index (κ3) is 9.37. The van der Waals surface area contributed by atoms with Crippen molar-refractivity contribution in [1.29, 1.82) is 0 Å². The lowest BCUT2D eigenvalue weighted by Gasteiger charge is -2.32. The Kier molecular flexibility index (Phi) is 11.6. The Labute approximate surface area is 247 Å². The van der Waals surface area contributed by atoms with Crippen LogP contribution in [-0.4, -0.2) is 50.0 Å². The summed E-state index contributed by atoms with van der Waals surface area (Å²) < 4.78 is 53.3. The smallest absolute Gasteiger partial charge is 0.243 e. The predicted molar refractivity (Wildman–Crippen MR) is 161 cm³/mol. The highest BCUT2D eigenvalue weighted by molar-refractivity contribution is 7.92. The molecule has 3 rings (SSSR count). The van der Waals surface area contributed by atoms with E-state index in [9.17, 15) is 26.8 Å². The lowest BCUT2D eigenvalue weighted by molar-refractivity contribution is -0.141. The number of halogens is 2. The number of benzene rings is 3. The maximum absolute atomic E-state index is 13.9. The minimum atomic E-state index is -3.85. The van der Waals surface area contributed by atoms with Crippen molar-refractivity contribution in [3.05, 3.63) is 101 Å². The summed E-state index contributed by atoms with van der Waals surface area (Å²) in [5.41, 5.74) is 2.77. The quantitative estimate of drug-likeness (QED) is 0.270. The van der Waals surface area contributed by atoms with Crippen molar-refractivity contribution in [2.75, 3.05) is 17.1 Å². The molecule has 3 aromatic rings. The standard InChI is InChI=1S/C32H39F2N3O4S/c1-5-24(3)35-32(39)30(20-25-10-7-6-8-11-25)36(22-26-15-13-23(2)14-16-26)31(38)12-9-19-37(42(4,40)41)27-17-18-28(33)29(34)21-27/h6-8,10-11,13-18,21,24,30H,5,9,12,19-20,22H2,1-4H3,(H,35,39)/t24-,30-/m0/s1. The fraction of sp³-hybridized carbons (Fsp3) is 0.375. The normalized spacial score (nSPS) is 12.8. The van der Waals surface area contributed by atoms with Crippen molar-refractivity contribution in [2.24, 2.45) is 0 Å². The van der Waals surface area contributed by atoms with Crippen LogP contribution in [0.1, 0.15) is 49.8 Å². The van der Waals surface area contributed by atoms with Crippen LogP contribution in [0.15, 0.2) is 72.8 Å². The number of hydrogen-bond donors (Lipinski definition) is 1. The fourth-order valence-corrected chi connectivity index (χ4v) is 5.49. The van der Waals surface area contributed by atoms with Gasteiger partial charge in [0.15, 0.2) is 11.6 Å². The molecule has 2 atom stereocenters. The van der Waals surface area contributed by atoms with Crippen molar-refractivity contribution in [2.45, 2.75) is 65.1 Å². The predicted octanol–water partition coefficient (Wildman–Crippen LogP) is 5.37. The molecule has 0 aromatic heterocycles. The zero-order chi connectivity index (χ0) is 30.9. The summed E-state index contributed by atoms with van der Waals surface area (Å²) in [5.74, 6) is -2.85. The van der Waals surface area contributed by atoms with Crippen molar-refractivity contribution in [1.82, 2.24) is 10.2 Å². The third-order valence-electron chi connectivity index (χ3n) is 7.09. The van der Waals surface area contributed by atoms with Crippen LogP contribution < -0.4 is 9.62 Å². The van der Waals surface area contributed by atoms with Gasteiger partial charge >= 0.3 is 0 Å². The average Bonchev–Trinajstić information content (AvgIpc) is 2.95. The van der Waals surface area contributed by atoms with Gasteiger partial charge in [-0.3, -0.25) is 13.9 Å². The van der Waals surface area contributed by atoms with Gasteiger partial charge in [-0.05, 0) is 49.9 Å². The van der Waals surface area contributed by atoms with E-state index in [-0.39, 0.29) is 49.5 Å². The van der Waals surface area contributed by atoms with Crippen LogP contribution in [0.5, 0.6) is 0 Å². The highest BCUT2D eigenvalue weighted by Gasteiger charge is 2.31. The van der Waals surface area contributed by atoms with Gasteiger partial charge in [0.05, 0.1) is 11.9 Å². The second-order valence-corrected chi connectivity index (χ2v) is 12.5. The van der Waals surface area contributed by atoms with Gasteiger partial charge in [0.25, 0.3) is 0 Å². The minimum Gasteiger partial charge on any atom is -0.352 e. The molecule has 0 aliphatic heterocycles. The SMILES string of the molecule is CC[C@H](C)NC(=O)[C@H](Cc1ccccc1)N(Cc1ccc(C)cc1)C(=O)CCCN(c1ccc(F)c(F)c1)S(C)(=O)=O. The number of anilines is 1. The van der Waals surface area contributed by atoms with Crippen LogP contribution in [0.4, 0.5) is 14.5 Å². The minimum absolute atomic E-state index is 0.0322. The Balaban J connectivity index is 1.89. The molecule has 0 aliphatic rings. The summed E-state index contributed by atoms with van der Waals surface area (Å²) >= 11 is 0. The number of nitrogens with one attached hydrogen (secondary N) is 1. The molecule has 0 aliphatic carbocycles. The highest BCUT2D eigenvalue weighted by Crippen LogP contribution is 2.22. The third-order valence-corrected chi connectivity index (χ3v) is 8.28. The van der Waals surface area contributed by atoms with E-state index < -0.39 is 27.7 Å². The Morgan fingerprint density at radius 3 is 2.19 bits per heavy atom. The first kappa shape index (κ1) is 32.7. The molecule has 0 radical (unpaired) electrons. The molecule has 0 saturated carbocycles. The number of rotatable bonds is 14. The van der Waals surface area contributed by atoms with Gasteiger partial charge in [-0.1, -0.05) is 67.1 Å². The molecule has 226 valence electrons. The van der Waals surface area contributed by atoms with E-state index in [0.717, 1.165) is 45.8 Å². The largest absolute Gasteiger partial charge is 0.352 e. The first-order valence-electron chi connectivity index (χ1n) is 14.0. The number of aryl methyl sites for hydroxylation is 1. The van der Waals surface area contributed by atoms with E-state index in [1.165, 1.54) is 6.07 Å². The fourth-order valence-electron chi connectivity index (χ4n) is 4.53. The van der Waals surface area contributed by atoms with Crippen LogP contribution in [0.3, 0.4) is 0 Å². The molecule has 0 spiro atoms. The van der Waals surface area contributed by atoms with E-state index in [1.807, 2.05) is 75.4 Å². The molecule has 7 nitrogen and oxygen atoms in total. The van der Waals surface area contributed by atoms with Crippen LogP contribution in [-0.2, 0) is 32.6 Å². The number of carbonyl (C=O) groups excluding carboxylic acids is 2. The maximum atomic E-state index is 13.9. The molecular weight excluding hydrogens is 560 g/mol. The van der Waals surface area contributed by atoms with Crippen molar-refractivity contribution < 1.29 is 26.8 Å². The number of carbonyl (C=O) groups is 2. The van der Waals surface area contributed by atoms with Gasteiger partial charge in [0, 0.05) is 38.0 Å². The lowest BCUT2D eigenvalue weighted by Crippen LogP contribution is -2.52.